The molecule has 0 aliphatic heterocycles. The van der Waals surface area contributed by atoms with Crippen LogP contribution < -0.4 is 5.73 Å². The lowest BCUT2D eigenvalue weighted by Crippen LogP contribution is -1.98. The van der Waals surface area contributed by atoms with Crippen LogP contribution in [-0.2, 0) is 0 Å². The number of alkyl halides is 2. The molecule has 1 aromatic carbocycles. The summed E-state index contributed by atoms with van der Waals surface area (Å²) in [6, 6.07) is 12.9. The first kappa shape index (κ1) is 16.4. The first-order valence-electron chi connectivity index (χ1n) is 7.78. The van der Waals surface area contributed by atoms with Crippen LogP contribution in [0.4, 0.5) is 14.6 Å². The highest BCUT2D eigenvalue weighted by molar-refractivity contribution is 7.26. The minimum absolute atomic E-state index is 0.121. The van der Waals surface area contributed by atoms with Gasteiger partial charge in [0.05, 0.1) is 10.2 Å². The van der Waals surface area contributed by atoms with E-state index in [-0.39, 0.29) is 17.1 Å². The molecule has 128 valence electrons. The van der Waals surface area contributed by atoms with Gasteiger partial charge in [0, 0.05) is 10.9 Å². The second-order valence-electron chi connectivity index (χ2n) is 5.85. The summed E-state index contributed by atoms with van der Waals surface area (Å²) in [5, 5.41) is 10.3. The van der Waals surface area contributed by atoms with E-state index >= 15 is 0 Å². The van der Waals surface area contributed by atoms with E-state index in [1.54, 1.807) is 6.92 Å². The van der Waals surface area contributed by atoms with Crippen LogP contribution in [0.1, 0.15) is 23.2 Å². The highest BCUT2D eigenvalue weighted by Gasteiger charge is 2.22. The Morgan fingerprint density at radius 2 is 1.92 bits per heavy atom. The van der Waals surface area contributed by atoms with Crippen LogP contribution >= 0.6 is 11.3 Å². The Bertz CT molecular complexity index is 1190. The van der Waals surface area contributed by atoms with Crippen molar-refractivity contribution in [1.82, 2.24) is 9.97 Å². The molecule has 0 radical (unpaired) electrons. The minimum Gasteiger partial charge on any atom is -0.383 e. The second-order valence-corrected chi connectivity index (χ2v) is 6.85. The summed E-state index contributed by atoms with van der Waals surface area (Å²) in [7, 11) is 0. The Labute approximate surface area is 151 Å². The first-order valence-corrected chi connectivity index (χ1v) is 8.59. The van der Waals surface area contributed by atoms with Gasteiger partial charge in [-0.1, -0.05) is 30.3 Å². The number of benzene rings is 1. The number of halogens is 2. The Hall–Kier alpha value is -3.11. The predicted molar refractivity (Wildman–Crippen MR) is 99.2 cm³/mol. The van der Waals surface area contributed by atoms with Gasteiger partial charge in [-0.25, -0.2) is 18.7 Å². The Morgan fingerprint density at radius 1 is 1.19 bits per heavy atom. The van der Waals surface area contributed by atoms with E-state index in [1.807, 2.05) is 30.3 Å². The number of anilines is 1. The Kier molecular flexibility index (Phi) is 3.78. The van der Waals surface area contributed by atoms with Crippen molar-refractivity contribution in [3.8, 4) is 17.2 Å². The van der Waals surface area contributed by atoms with Crippen molar-refractivity contribution in [2.45, 2.75) is 13.3 Å². The van der Waals surface area contributed by atoms with Gasteiger partial charge >= 0.3 is 0 Å². The minimum atomic E-state index is -2.65. The quantitative estimate of drug-likeness (QED) is 0.528. The fraction of sp³-hybridized carbons (Fsp3) is 0.105. The van der Waals surface area contributed by atoms with E-state index in [2.05, 4.69) is 16.0 Å². The zero-order valence-corrected chi connectivity index (χ0v) is 14.4. The Morgan fingerprint density at radius 3 is 2.58 bits per heavy atom. The first-order chi connectivity index (χ1) is 12.5. The monoisotopic (exact) mass is 366 g/mol. The van der Waals surface area contributed by atoms with Crippen molar-refractivity contribution in [3.63, 3.8) is 0 Å². The van der Waals surface area contributed by atoms with Crippen molar-refractivity contribution >= 4 is 37.6 Å². The van der Waals surface area contributed by atoms with E-state index in [0.29, 0.717) is 26.9 Å². The third kappa shape index (κ3) is 2.38. The van der Waals surface area contributed by atoms with E-state index < -0.39 is 6.43 Å². The van der Waals surface area contributed by atoms with Gasteiger partial charge in [0.25, 0.3) is 6.43 Å². The van der Waals surface area contributed by atoms with Crippen molar-refractivity contribution in [2.24, 2.45) is 0 Å². The maximum Gasteiger partial charge on any atom is 0.280 e. The van der Waals surface area contributed by atoms with Crippen molar-refractivity contribution < 1.29 is 8.78 Å². The average molecular weight is 366 g/mol. The molecule has 3 aromatic heterocycles. The number of nitrogen functional groups attached to an aromatic ring is 1. The molecule has 0 fully saturated rings. The van der Waals surface area contributed by atoms with E-state index in [1.165, 1.54) is 17.4 Å². The molecular weight excluding hydrogens is 354 g/mol. The van der Waals surface area contributed by atoms with E-state index in [4.69, 9.17) is 5.73 Å². The molecule has 4 nitrogen and oxygen atoms in total. The maximum atomic E-state index is 13.1. The highest BCUT2D eigenvalue weighted by atomic mass is 32.1. The molecule has 0 unspecified atom stereocenters. The largest absolute Gasteiger partial charge is 0.383 e. The second kappa shape index (κ2) is 6.00. The lowest BCUT2D eigenvalue weighted by atomic mass is 10.00. The number of hydrogen-bond donors (Lipinski definition) is 1. The number of nitrogens with zero attached hydrogens (tertiary/aromatic N) is 3. The van der Waals surface area contributed by atoms with Crippen LogP contribution in [-0.4, -0.2) is 9.97 Å². The van der Waals surface area contributed by atoms with Crippen molar-refractivity contribution in [3.05, 3.63) is 53.2 Å². The summed E-state index contributed by atoms with van der Waals surface area (Å²) >= 11 is 1.25. The van der Waals surface area contributed by atoms with Crippen LogP contribution in [0.5, 0.6) is 0 Å². The van der Waals surface area contributed by atoms with Gasteiger partial charge < -0.3 is 5.73 Å². The molecule has 0 amide bonds. The highest BCUT2D eigenvalue weighted by Crippen LogP contribution is 2.43. The van der Waals surface area contributed by atoms with Crippen LogP contribution in [0.15, 0.2) is 36.4 Å². The van der Waals surface area contributed by atoms with E-state index in [0.717, 1.165) is 10.3 Å². The van der Waals surface area contributed by atoms with Gasteiger partial charge in [-0.15, -0.1) is 11.3 Å². The molecule has 0 spiro atoms. The smallest absolute Gasteiger partial charge is 0.280 e. The fourth-order valence-electron chi connectivity index (χ4n) is 3.09. The number of hydrogen-bond acceptors (Lipinski definition) is 5. The van der Waals surface area contributed by atoms with Gasteiger partial charge in [0.2, 0.25) is 0 Å². The molecule has 0 saturated heterocycles. The molecule has 2 N–H and O–H groups in total. The third-order valence-corrected chi connectivity index (χ3v) is 5.31. The molecule has 3 heterocycles. The van der Waals surface area contributed by atoms with Crippen LogP contribution in [0.2, 0.25) is 0 Å². The molecular formula is C19H12F2N4S. The number of aromatic nitrogens is 2. The SMILES string of the molecule is Cc1cc(C(F)F)nc2sc3c(-c4ccccc4)c(C#N)c(N)nc3c12. The van der Waals surface area contributed by atoms with Gasteiger partial charge in [-0.2, -0.15) is 5.26 Å². The number of fused-ring (bicyclic) bond motifs is 3. The van der Waals surface area contributed by atoms with Crippen LogP contribution in [0.3, 0.4) is 0 Å². The van der Waals surface area contributed by atoms with Crippen LogP contribution in [0, 0.1) is 18.3 Å². The lowest BCUT2D eigenvalue weighted by molar-refractivity contribution is 0.146. The zero-order chi connectivity index (χ0) is 18.4. The number of rotatable bonds is 2. The van der Waals surface area contributed by atoms with Crippen molar-refractivity contribution in [2.75, 3.05) is 5.73 Å². The normalized spacial score (nSPS) is 11.3. The standard InChI is InChI=1S/C19H12F2N4S/c1-9-7-12(17(20)21)24-19-13(9)15-16(26-19)14(10-5-3-2-4-6-10)11(8-22)18(23)25-15/h2-7,17H,1H3,(H2,23,25). The predicted octanol–water partition coefficient (Wildman–Crippen LogP) is 5.21. The summed E-state index contributed by atoms with van der Waals surface area (Å²) in [5.74, 6) is 0.121. The number of pyridine rings is 2. The molecule has 0 atom stereocenters. The summed E-state index contributed by atoms with van der Waals surface area (Å²) in [4.78, 5) is 8.96. The topological polar surface area (TPSA) is 75.6 Å². The fourth-order valence-corrected chi connectivity index (χ4v) is 4.36. The summed E-state index contributed by atoms with van der Waals surface area (Å²) in [6.07, 6.45) is -2.65. The van der Waals surface area contributed by atoms with Gasteiger partial charge in [0.15, 0.2) is 0 Å². The van der Waals surface area contributed by atoms with Gasteiger partial charge in [-0.05, 0) is 24.1 Å². The lowest BCUT2D eigenvalue weighted by Gasteiger charge is -2.08. The molecule has 0 aliphatic rings. The average Bonchev–Trinajstić information content (AvgIpc) is 2.99. The number of nitrogens with two attached hydrogens (primary N) is 1. The summed E-state index contributed by atoms with van der Waals surface area (Å²) in [6.45, 7) is 1.75. The van der Waals surface area contributed by atoms with Gasteiger partial charge in [-0.3, -0.25) is 0 Å². The van der Waals surface area contributed by atoms with E-state index in [9.17, 15) is 14.0 Å². The van der Waals surface area contributed by atoms with Crippen molar-refractivity contribution in [1.29, 1.82) is 5.26 Å². The molecule has 26 heavy (non-hydrogen) atoms. The molecule has 0 saturated carbocycles. The van der Waals surface area contributed by atoms with Crippen LogP contribution in [0.25, 0.3) is 31.6 Å². The number of nitriles is 1. The molecule has 4 rings (SSSR count). The summed E-state index contributed by atoms with van der Waals surface area (Å²) in [5.41, 5.74) is 8.79. The molecule has 0 bridgehead atoms. The molecule has 0 aliphatic carbocycles. The van der Waals surface area contributed by atoms with Gasteiger partial charge in [0.1, 0.15) is 28.0 Å². The zero-order valence-electron chi connectivity index (χ0n) is 13.6. The maximum absolute atomic E-state index is 13.1. The number of thiophene rings is 1. The number of aryl methyl sites for hydroxylation is 1. The molecule has 4 aromatic rings. The third-order valence-electron chi connectivity index (χ3n) is 4.22. The molecule has 7 heteroatoms. The Balaban J connectivity index is 2.19. The summed E-state index contributed by atoms with van der Waals surface area (Å²) < 4.78 is 27.0.